The maximum Gasteiger partial charge on any atom is 0.232 e. The summed E-state index contributed by atoms with van der Waals surface area (Å²) in [7, 11) is 0. The van der Waals surface area contributed by atoms with Crippen molar-refractivity contribution in [3.05, 3.63) is 0 Å². The zero-order chi connectivity index (χ0) is 8.27. The molecule has 0 spiro atoms. The Morgan fingerprint density at radius 2 is 2.45 bits per heavy atom. The Balaban J connectivity index is 2.39. The molecule has 1 heterocycles. The Kier molecular flexibility index (Phi) is 3.58. The molecular formula is C7H12INO2. The summed E-state index contributed by atoms with van der Waals surface area (Å²) in [5, 5.41) is 9.23. The van der Waals surface area contributed by atoms with Crippen molar-refractivity contribution >= 4 is 28.5 Å². The zero-order valence-corrected chi connectivity index (χ0v) is 8.45. The van der Waals surface area contributed by atoms with Gasteiger partial charge in [0.15, 0.2) is 0 Å². The quantitative estimate of drug-likeness (QED) is 0.553. The lowest BCUT2D eigenvalue weighted by atomic mass is 10.1. The molecule has 0 unspecified atom stereocenters. The van der Waals surface area contributed by atoms with Crippen LogP contribution in [0.5, 0.6) is 0 Å². The summed E-state index contributed by atoms with van der Waals surface area (Å²) in [4.78, 5) is 12.9. The Labute approximate surface area is 79.9 Å². The van der Waals surface area contributed by atoms with Crippen LogP contribution in [0.2, 0.25) is 0 Å². The highest BCUT2D eigenvalue weighted by molar-refractivity contribution is 14.1. The second kappa shape index (κ2) is 4.25. The van der Waals surface area contributed by atoms with E-state index in [9.17, 15) is 9.90 Å². The van der Waals surface area contributed by atoms with E-state index in [0.29, 0.717) is 11.0 Å². The number of aliphatic hydroxyl groups excluding tert-OH is 1. The predicted octanol–water partition coefficient (Wildman–Crippen LogP) is 0.405. The first kappa shape index (κ1) is 9.25. The van der Waals surface area contributed by atoms with Crippen LogP contribution in [0.25, 0.3) is 0 Å². The Morgan fingerprint density at radius 3 is 3.00 bits per heavy atom. The molecule has 1 fully saturated rings. The van der Waals surface area contributed by atoms with E-state index < -0.39 is 0 Å². The topological polar surface area (TPSA) is 40.5 Å². The van der Waals surface area contributed by atoms with Crippen molar-refractivity contribution in [3.8, 4) is 0 Å². The van der Waals surface area contributed by atoms with Crippen molar-refractivity contribution in [2.45, 2.75) is 18.9 Å². The molecule has 1 aliphatic rings. The highest BCUT2D eigenvalue weighted by Crippen LogP contribution is 2.10. The minimum absolute atomic E-state index is 0.143. The number of aliphatic hydroxyl groups is 1. The second-order valence-corrected chi connectivity index (χ2v) is 3.53. The van der Waals surface area contributed by atoms with Crippen molar-refractivity contribution in [1.82, 2.24) is 4.90 Å². The zero-order valence-electron chi connectivity index (χ0n) is 6.29. The summed E-state index contributed by atoms with van der Waals surface area (Å²) < 4.78 is 0.518. The van der Waals surface area contributed by atoms with E-state index in [1.807, 2.05) is 0 Å². The van der Waals surface area contributed by atoms with Gasteiger partial charge in [0.2, 0.25) is 5.91 Å². The number of β-amino-alcohol motifs (C(OH)–C–C–N with tert-alkyl or cyclic N) is 1. The Morgan fingerprint density at radius 1 is 1.73 bits per heavy atom. The van der Waals surface area contributed by atoms with Crippen LogP contribution in [0.4, 0.5) is 0 Å². The van der Waals surface area contributed by atoms with E-state index in [0.717, 1.165) is 19.4 Å². The first-order chi connectivity index (χ1) is 5.24. The molecule has 64 valence electrons. The normalized spacial score (nSPS) is 25.3. The van der Waals surface area contributed by atoms with Gasteiger partial charge in [-0.25, -0.2) is 0 Å². The number of likely N-dealkylation sites (tertiary alicyclic amines) is 1. The largest absolute Gasteiger partial charge is 0.391 e. The SMILES string of the molecule is O=C(CI)N1CCC[C@@H](O)C1. The lowest BCUT2D eigenvalue weighted by Gasteiger charge is -2.29. The molecule has 1 aliphatic heterocycles. The number of piperidine rings is 1. The maximum absolute atomic E-state index is 11.1. The van der Waals surface area contributed by atoms with Gasteiger partial charge in [-0.15, -0.1) is 0 Å². The van der Waals surface area contributed by atoms with Crippen molar-refractivity contribution < 1.29 is 9.90 Å². The molecule has 0 radical (unpaired) electrons. The van der Waals surface area contributed by atoms with Crippen LogP contribution in [0.15, 0.2) is 0 Å². The molecule has 1 amide bonds. The molecule has 1 rings (SSSR count). The summed E-state index contributed by atoms with van der Waals surface area (Å²) in [6, 6.07) is 0. The molecule has 1 N–H and O–H groups in total. The molecule has 0 bridgehead atoms. The number of halogens is 1. The van der Waals surface area contributed by atoms with Gasteiger partial charge in [-0.1, -0.05) is 22.6 Å². The number of carbonyl (C=O) groups is 1. The smallest absolute Gasteiger partial charge is 0.232 e. The third-order valence-electron chi connectivity index (χ3n) is 1.86. The van der Waals surface area contributed by atoms with Gasteiger partial charge in [0.25, 0.3) is 0 Å². The number of carbonyl (C=O) groups excluding carboxylic acids is 1. The predicted molar refractivity (Wildman–Crippen MR) is 50.7 cm³/mol. The van der Waals surface area contributed by atoms with E-state index in [1.165, 1.54) is 0 Å². The van der Waals surface area contributed by atoms with Crippen molar-refractivity contribution in [2.24, 2.45) is 0 Å². The summed E-state index contributed by atoms with van der Waals surface area (Å²) in [5.74, 6) is 0.143. The van der Waals surface area contributed by atoms with Crippen molar-refractivity contribution in [2.75, 3.05) is 17.5 Å². The number of hydrogen-bond donors (Lipinski definition) is 1. The van der Waals surface area contributed by atoms with Crippen LogP contribution in [0.1, 0.15) is 12.8 Å². The molecule has 3 nitrogen and oxygen atoms in total. The minimum atomic E-state index is -0.296. The van der Waals surface area contributed by atoms with Crippen LogP contribution in [-0.2, 0) is 4.79 Å². The third-order valence-corrected chi connectivity index (χ3v) is 2.52. The lowest BCUT2D eigenvalue weighted by Crippen LogP contribution is -2.42. The van der Waals surface area contributed by atoms with Gasteiger partial charge >= 0.3 is 0 Å². The van der Waals surface area contributed by atoms with Gasteiger partial charge < -0.3 is 10.0 Å². The molecule has 0 aromatic heterocycles. The number of amides is 1. The van der Waals surface area contributed by atoms with Gasteiger partial charge in [-0.2, -0.15) is 0 Å². The first-order valence-corrected chi connectivity index (χ1v) is 5.28. The third kappa shape index (κ3) is 2.59. The van der Waals surface area contributed by atoms with Crippen LogP contribution in [-0.4, -0.2) is 39.5 Å². The average molecular weight is 269 g/mol. The molecule has 1 saturated heterocycles. The molecule has 0 aromatic rings. The highest BCUT2D eigenvalue weighted by atomic mass is 127. The molecule has 11 heavy (non-hydrogen) atoms. The van der Waals surface area contributed by atoms with Gasteiger partial charge in [0, 0.05) is 13.1 Å². The van der Waals surface area contributed by atoms with E-state index in [4.69, 9.17) is 0 Å². The van der Waals surface area contributed by atoms with Gasteiger partial charge in [-0.3, -0.25) is 4.79 Å². The van der Waals surface area contributed by atoms with Crippen LogP contribution in [0, 0.1) is 0 Å². The van der Waals surface area contributed by atoms with Crippen molar-refractivity contribution in [1.29, 1.82) is 0 Å². The fourth-order valence-corrected chi connectivity index (χ4v) is 1.75. The van der Waals surface area contributed by atoms with E-state index in [2.05, 4.69) is 22.6 Å². The fraction of sp³-hybridized carbons (Fsp3) is 0.857. The molecular weight excluding hydrogens is 257 g/mol. The molecule has 0 saturated carbocycles. The minimum Gasteiger partial charge on any atom is -0.391 e. The van der Waals surface area contributed by atoms with Gasteiger partial charge in [0.05, 0.1) is 10.5 Å². The van der Waals surface area contributed by atoms with Gasteiger partial charge in [0.1, 0.15) is 0 Å². The average Bonchev–Trinajstić information content (AvgIpc) is 2.03. The lowest BCUT2D eigenvalue weighted by molar-refractivity contribution is -0.131. The fourth-order valence-electron chi connectivity index (χ4n) is 1.27. The molecule has 1 atom stereocenters. The van der Waals surface area contributed by atoms with Crippen LogP contribution in [0.3, 0.4) is 0 Å². The van der Waals surface area contributed by atoms with Crippen molar-refractivity contribution in [3.63, 3.8) is 0 Å². The number of alkyl halides is 1. The first-order valence-electron chi connectivity index (χ1n) is 3.76. The van der Waals surface area contributed by atoms with Crippen LogP contribution >= 0.6 is 22.6 Å². The van der Waals surface area contributed by atoms with E-state index in [-0.39, 0.29) is 12.0 Å². The summed E-state index contributed by atoms with van der Waals surface area (Å²) in [5.41, 5.74) is 0. The molecule has 0 aliphatic carbocycles. The second-order valence-electron chi connectivity index (χ2n) is 2.77. The summed E-state index contributed by atoms with van der Waals surface area (Å²) >= 11 is 2.05. The standard InChI is InChI=1S/C7H12INO2/c8-4-7(11)9-3-1-2-6(10)5-9/h6,10H,1-5H2/t6-/m1/s1. The number of rotatable bonds is 1. The van der Waals surface area contributed by atoms with E-state index in [1.54, 1.807) is 4.90 Å². The number of nitrogens with zero attached hydrogens (tertiary/aromatic N) is 1. The summed E-state index contributed by atoms with van der Waals surface area (Å²) in [6.07, 6.45) is 1.48. The Bertz CT molecular complexity index is 151. The summed E-state index contributed by atoms with van der Waals surface area (Å²) in [6.45, 7) is 1.35. The molecule has 0 aromatic carbocycles. The number of hydrogen-bond acceptors (Lipinski definition) is 2. The maximum atomic E-state index is 11.1. The molecule has 4 heteroatoms. The van der Waals surface area contributed by atoms with Crippen LogP contribution < -0.4 is 0 Å². The van der Waals surface area contributed by atoms with Gasteiger partial charge in [-0.05, 0) is 12.8 Å². The van der Waals surface area contributed by atoms with E-state index >= 15 is 0 Å². The Hall–Kier alpha value is 0.160. The highest BCUT2D eigenvalue weighted by Gasteiger charge is 2.20. The monoisotopic (exact) mass is 269 g/mol.